The second-order valence-corrected chi connectivity index (χ2v) is 5.41. The van der Waals surface area contributed by atoms with Crippen LogP contribution in [0.1, 0.15) is 36.0 Å². The van der Waals surface area contributed by atoms with E-state index in [0.29, 0.717) is 11.6 Å². The highest BCUT2D eigenvalue weighted by Gasteiger charge is 2.36. The number of piperidine rings is 1. The maximum atomic E-state index is 12.1. The number of carbonyl (C=O) groups is 1. The Bertz CT molecular complexity index is 525. The number of carbonyl (C=O) groups excluding carboxylic acids is 1. The van der Waals surface area contributed by atoms with E-state index < -0.39 is 0 Å². The van der Waals surface area contributed by atoms with Crippen molar-refractivity contribution >= 4 is 5.91 Å². The maximum Gasteiger partial charge on any atom is 0.251 e. The first-order valence-corrected chi connectivity index (χ1v) is 6.98. The molecule has 0 aliphatic carbocycles. The van der Waals surface area contributed by atoms with Gasteiger partial charge in [-0.1, -0.05) is 6.42 Å². The van der Waals surface area contributed by atoms with Gasteiger partial charge in [0.05, 0.1) is 0 Å². The fourth-order valence-corrected chi connectivity index (χ4v) is 3.25. The fourth-order valence-electron chi connectivity index (χ4n) is 3.25. The van der Waals surface area contributed by atoms with Crippen LogP contribution in [0.3, 0.4) is 0 Å². The molecule has 0 aromatic carbocycles. The van der Waals surface area contributed by atoms with E-state index in [-0.39, 0.29) is 17.5 Å². The monoisotopic (exact) mass is 261 g/mol. The Morgan fingerprint density at radius 1 is 1.32 bits per heavy atom. The van der Waals surface area contributed by atoms with Gasteiger partial charge in [-0.25, -0.2) is 0 Å². The van der Waals surface area contributed by atoms with E-state index in [0.717, 1.165) is 19.5 Å². The molecule has 19 heavy (non-hydrogen) atoms. The summed E-state index contributed by atoms with van der Waals surface area (Å²) in [7, 11) is 0. The first-order chi connectivity index (χ1) is 9.24. The minimum absolute atomic E-state index is 0.136. The van der Waals surface area contributed by atoms with Crippen LogP contribution in [0.5, 0.6) is 0 Å². The van der Waals surface area contributed by atoms with E-state index >= 15 is 0 Å². The van der Waals surface area contributed by atoms with Crippen molar-refractivity contribution in [3.8, 4) is 0 Å². The summed E-state index contributed by atoms with van der Waals surface area (Å²) >= 11 is 0. The van der Waals surface area contributed by atoms with Crippen LogP contribution in [0.2, 0.25) is 0 Å². The molecule has 0 radical (unpaired) electrons. The van der Waals surface area contributed by atoms with Crippen LogP contribution in [0, 0.1) is 0 Å². The molecule has 2 unspecified atom stereocenters. The summed E-state index contributed by atoms with van der Waals surface area (Å²) in [6, 6.07) is 3.71. The molecular formula is C14H19N3O2. The molecule has 2 atom stereocenters. The second kappa shape index (κ2) is 5.17. The van der Waals surface area contributed by atoms with Crippen molar-refractivity contribution in [2.24, 2.45) is 0 Å². The van der Waals surface area contributed by atoms with Crippen LogP contribution in [-0.4, -0.2) is 41.0 Å². The number of nitrogens with zero attached hydrogens (tertiary/aromatic N) is 1. The molecule has 2 saturated heterocycles. The van der Waals surface area contributed by atoms with Crippen molar-refractivity contribution in [3.63, 3.8) is 0 Å². The number of hydrogen-bond donors (Lipinski definition) is 2. The lowest BCUT2D eigenvalue weighted by molar-refractivity contribution is 0.0915. The van der Waals surface area contributed by atoms with Gasteiger partial charge >= 0.3 is 0 Å². The molecule has 3 rings (SSSR count). The zero-order valence-corrected chi connectivity index (χ0v) is 10.9. The van der Waals surface area contributed by atoms with Crippen LogP contribution < -0.4 is 10.9 Å². The molecule has 5 nitrogen and oxygen atoms in total. The molecule has 2 aliphatic heterocycles. The van der Waals surface area contributed by atoms with Crippen LogP contribution >= 0.6 is 0 Å². The number of aromatic amines is 1. The quantitative estimate of drug-likeness (QED) is 0.825. The minimum atomic E-state index is -0.238. The van der Waals surface area contributed by atoms with Gasteiger partial charge in [0, 0.05) is 36.5 Å². The lowest BCUT2D eigenvalue weighted by Gasteiger charge is -2.32. The van der Waals surface area contributed by atoms with Crippen molar-refractivity contribution in [1.29, 1.82) is 0 Å². The Balaban J connectivity index is 1.68. The topological polar surface area (TPSA) is 65.2 Å². The summed E-state index contributed by atoms with van der Waals surface area (Å²) in [5, 5.41) is 3.09. The van der Waals surface area contributed by atoms with E-state index in [4.69, 9.17) is 0 Å². The molecule has 0 bridgehead atoms. The Kier molecular flexibility index (Phi) is 3.38. The standard InChI is InChI=1S/C14H19N3O2/c18-13-9-10(4-6-15-13)14(19)16-11-5-8-17-7-2-1-3-12(11)17/h4,6,9,11-12H,1-3,5,7-8H2,(H,15,18)(H,16,19). The maximum absolute atomic E-state index is 12.1. The zero-order chi connectivity index (χ0) is 13.2. The summed E-state index contributed by atoms with van der Waals surface area (Å²) in [5.41, 5.74) is 0.205. The lowest BCUT2D eigenvalue weighted by atomic mass is 9.99. The van der Waals surface area contributed by atoms with E-state index in [1.165, 1.54) is 31.5 Å². The minimum Gasteiger partial charge on any atom is -0.348 e. The highest BCUT2D eigenvalue weighted by atomic mass is 16.2. The Morgan fingerprint density at radius 3 is 3.05 bits per heavy atom. The van der Waals surface area contributed by atoms with Gasteiger partial charge in [-0.2, -0.15) is 0 Å². The van der Waals surface area contributed by atoms with Gasteiger partial charge in [0.15, 0.2) is 0 Å². The summed E-state index contributed by atoms with van der Waals surface area (Å²) in [4.78, 5) is 28.4. The van der Waals surface area contributed by atoms with Gasteiger partial charge in [0.1, 0.15) is 0 Å². The van der Waals surface area contributed by atoms with E-state index in [9.17, 15) is 9.59 Å². The zero-order valence-electron chi connectivity index (χ0n) is 10.9. The Morgan fingerprint density at radius 2 is 2.21 bits per heavy atom. The van der Waals surface area contributed by atoms with Crippen LogP contribution in [0.15, 0.2) is 23.1 Å². The van der Waals surface area contributed by atoms with Gasteiger partial charge in [-0.15, -0.1) is 0 Å². The van der Waals surface area contributed by atoms with Crippen molar-refractivity contribution in [3.05, 3.63) is 34.2 Å². The molecule has 5 heteroatoms. The van der Waals surface area contributed by atoms with E-state index in [2.05, 4.69) is 15.2 Å². The number of aromatic nitrogens is 1. The lowest BCUT2D eigenvalue weighted by Crippen LogP contribution is -2.46. The Labute approximate surface area is 112 Å². The highest BCUT2D eigenvalue weighted by Crippen LogP contribution is 2.27. The Hall–Kier alpha value is -1.62. The first-order valence-electron chi connectivity index (χ1n) is 6.98. The first kappa shape index (κ1) is 12.4. The van der Waals surface area contributed by atoms with Gasteiger partial charge in [0.25, 0.3) is 5.91 Å². The molecular weight excluding hydrogens is 242 g/mol. The predicted octanol–water partition coefficient (Wildman–Crippen LogP) is 0.731. The van der Waals surface area contributed by atoms with Gasteiger partial charge in [-0.3, -0.25) is 14.5 Å². The summed E-state index contributed by atoms with van der Waals surface area (Å²) in [5.74, 6) is -0.136. The third-order valence-corrected chi connectivity index (χ3v) is 4.21. The van der Waals surface area contributed by atoms with Gasteiger partial charge in [-0.05, 0) is 31.9 Å². The molecule has 1 aromatic heterocycles. The molecule has 102 valence electrons. The van der Waals surface area contributed by atoms with Crippen molar-refractivity contribution in [2.45, 2.75) is 37.8 Å². The smallest absolute Gasteiger partial charge is 0.251 e. The molecule has 3 heterocycles. The number of H-pyrrole nitrogens is 1. The van der Waals surface area contributed by atoms with Crippen LogP contribution in [0.25, 0.3) is 0 Å². The van der Waals surface area contributed by atoms with Crippen molar-refractivity contribution < 1.29 is 4.79 Å². The number of nitrogens with one attached hydrogen (secondary N) is 2. The molecule has 2 aliphatic rings. The van der Waals surface area contributed by atoms with Gasteiger partial charge < -0.3 is 10.3 Å². The fraction of sp³-hybridized carbons (Fsp3) is 0.571. The third kappa shape index (κ3) is 2.56. The van der Waals surface area contributed by atoms with Gasteiger partial charge in [0.2, 0.25) is 5.56 Å². The second-order valence-electron chi connectivity index (χ2n) is 5.41. The van der Waals surface area contributed by atoms with E-state index in [1.54, 1.807) is 6.07 Å². The normalized spacial score (nSPS) is 26.9. The summed E-state index contributed by atoms with van der Waals surface area (Å²) in [6.07, 6.45) is 6.21. The molecule has 2 N–H and O–H groups in total. The van der Waals surface area contributed by atoms with Crippen LogP contribution in [-0.2, 0) is 0 Å². The SMILES string of the molecule is O=C(NC1CCN2CCCCC12)c1cc[nH]c(=O)c1. The average molecular weight is 261 g/mol. The number of fused-ring (bicyclic) bond motifs is 1. The molecule has 1 aromatic rings. The number of pyridine rings is 1. The third-order valence-electron chi connectivity index (χ3n) is 4.21. The molecule has 0 saturated carbocycles. The number of amides is 1. The molecule has 0 spiro atoms. The summed E-state index contributed by atoms with van der Waals surface area (Å²) < 4.78 is 0. The molecule has 2 fully saturated rings. The predicted molar refractivity (Wildman–Crippen MR) is 72.1 cm³/mol. The van der Waals surface area contributed by atoms with Crippen molar-refractivity contribution in [1.82, 2.24) is 15.2 Å². The highest BCUT2D eigenvalue weighted by molar-refractivity contribution is 5.94. The largest absolute Gasteiger partial charge is 0.348 e. The number of hydrogen-bond acceptors (Lipinski definition) is 3. The van der Waals surface area contributed by atoms with E-state index in [1.807, 2.05) is 0 Å². The van der Waals surface area contributed by atoms with Crippen LogP contribution in [0.4, 0.5) is 0 Å². The number of rotatable bonds is 2. The molecule has 1 amide bonds. The van der Waals surface area contributed by atoms with Crippen molar-refractivity contribution in [2.75, 3.05) is 13.1 Å². The average Bonchev–Trinajstić information content (AvgIpc) is 2.82. The summed E-state index contributed by atoms with van der Waals surface area (Å²) in [6.45, 7) is 2.23.